The van der Waals surface area contributed by atoms with Crippen molar-refractivity contribution < 1.29 is 14.3 Å². The average Bonchev–Trinajstić information content (AvgIpc) is 3.25. The van der Waals surface area contributed by atoms with Gasteiger partial charge in [0, 0.05) is 44.4 Å². The van der Waals surface area contributed by atoms with E-state index >= 15 is 0 Å². The van der Waals surface area contributed by atoms with Gasteiger partial charge in [-0.25, -0.2) is 0 Å². The quantitative estimate of drug-likeness (QED) is 0.263. The summed E-state index contributed by atoms with van der Waals surface area (Å²) in [4.78, 5) is 17.6. The molecule has 3 rings (SSSR count). The molecule has 1 saturated heterocycles. The van der Waals surface area contributed by atoms with E-state index in [2.05, 4.69) is 20.5 Å². The summed E-state index contributed by atoms with van der Waals surface area (Å²) < 4.78 is 11.7. The van der Waals surface area contributed by atoms with E-state index in [0.717, 1.165) is 61.8 Å². The van der Waals surface area contributed by atoms with E-state index in [1.807, 2.05) is 18.2 Å². The first-order valence-corrected chi connectivity index (χ1v) is 10.9. The molecule has 174 valence electrons. The molecule has 9 heteroatoms. The van der Waals surface area contributed by atoms with Crippen molar-refractivity contribution in [3.8, 4) is 11.5 Å². The zero-order valence-electron chi connectivity index (χ0n) is 18.6. The monoisotopic (exact) mass is 545 g/mol. The third kappa shape index (κ3) is 8.03. The van der Waals surface area contributed by atoms with Crippen LogP contribution in [0.15, 0.2) is 23.2 Å². The summed E-state index contributed by atoms with van der Waals surface area (Å²) in [5.41, 5.74) is 6.38. The van der Waals surface area contributed by atoms with Crippen molar-refractivity contribution in [1.29, 1.82) is 0 Å². The number of primary amides is 1. The number of nitrogens with one attached hydrogen (secondary N) is 2. The Bertz CT molecular complexity index is 732. The molecular weight excluding hydrogens is 509 g/mol. The van der Waals surface area contributed by atoms with Crippen LogP contribution in [0.1, 0.15) is 44.1 Å². The van der Waals surface area contributed by atoms with Gasteiger partial charge >= 0.3 is 0 Å². The van der Waals surface area contributed by atoms with Gasteiger partial charge < -0.3 is 25.8 Å². The van der Waals surface area contributed by atoms with Crippen molar-refractivity contribution in [2.75, 3.05) is 33.8 Å². The molecule has 1 aromatic rings. The molecule has 0 bridgehead atoms. The summed E-state index contributed by atoms with van der Waals surface area (Å²) in [6.45, 7) is 2.66. The van der Waals surface area contributed by atoms with Gasteiger partial charge in [-0.2, -0.15) is 0 Å². The zero-order chi connectivity index (χ0) is 21.3. The van der Waals surface area contributed by atoms with Gasteiger partial charge in [-0.05, 0) is 50.7 Å². The van der Waals surface area contributed by atoms with E-state index in [-0.39, 0.29) is 29.9 Å². The van der Waals surface area contributed by atoms with Crippen LogP contribution in [0.25, 0.3) is 0 Å². The Hall–Kier alpha value is -1.75. The smallest absolute Gasteiger partial charge is 0.231 e. The Kier molecular flexibility index (Phi) is 10.7. The van der Waals surface area contributed by atoms with Gasteiger partial charge in [-0.1, -0.05) is 0 Å². The number of methoxy groups -OCH3 is 1. The van der Waals surface area contributed by atoms with Crippen LogP contribution in [-0.4, -0.2) is 62.7 Å². The molecule has 1 aliphatic carbocycles. The highest BCUT2D eigenvalue weighted by molar-refractivity contribution is 14.0. The number of likely N-dealkylation sites (tertiary alicyclic amines) is 1. The standard InChI is InChI=1S/C22H35N5O3.HI/c1-24-22(26-17-9-11-27(12-10-17)15-21(23)28)25-14-16-7-8-19(29-2)13-20(16)30-18-5-3-4-6-18;/h7-8,13,17-18H,3-6,9-12,14-15H2,1-2H3,(H2,23,28)(H2,24,25,26);1H. The van der Waals surface area contributed by atoms with Crippen LogP contribution in [-0.2, 0) is 11.3 Å². The second-order valence-electron chi connectivity index (χ2n) is 8.08. The normalized spacial score (nSPS) is 18.3. The molecule has 4 N–H and O–H groups in total. The number of aliphatic imine (C=N–C) groups is 1. The van der Waals surface area contributed by atoms with E-state index in [1.165, 1.54) is 12.8 Å². The SMILES string of the molecule is CN=C(NCc1ccc(OC)cc1OC1CCCC1)NC1CCN(CC(N)=O)CC1.I. The van der Waals surface area contributed by atoms with Gasteiger partial charge in [-0.15, -0.1) is 24.0 Å². The number of nitrogens with two attached hydrogens (primary N) is 1. The third-order valence-electron chi connectivity index (χ3n) is 5.85. The number of guanidine groups is 1. The molecule has 2 aliphatic rings. The van der Waals surface area contributed by atoms with E-state index in [9.17, 15) is 4.79 Å². The van der Waals surface area contributed by atoms with Gasteiger partial charge in [0.25, 0.3) is 0 Å². The Morgan fingerprint density at radius 1 is 1.23 bits per heavy atom. The summed E-state index contributed by atoms with van der Waals surface area (Å²) in [6.07, 6.45) is 6.88. The number of carbonyl (C=O) groups is 1. The van der Waals surface area contributed by atoms with Gasteiger partial charge in [0.15, 0.2) is 5.96 Å². The van der Waals surface area contributed by atoms with Crippen molar-refractivity contribution in [1.82, 2.24) is 15.5 Å². The first kappa shape index (κ1) is 25.5. The fraction of sp³-hybridized carbons (Fsp3) is 0.636. The largest absolute Gasteiger partial charge is 0.497 e. The molecule has 0 radical (unpaired) electrons. The third-order valence-corrected chi connectivity index (χ3v) is 5.85. The molecule has 1 amide bonds. The predicted octanol–water partition coefficient (Wildman–Crippen LogP) is 2.25. The number of hydrogen-bond acceptors (Lipinski definition) is 5. The minimum absolute atomic E-state index is 0. The number of halogens is 1. The Balaban J connectivity index is 0.00000341. The second kappa shape index (κ2) is 12.9. The predicted molar refractivity (Wildman–Crippen MR) is 133 cm³/mol. The molecule has 1 heterocycles. The Morgan fingerprint density at radius 2 is 1.94 bits per heavy atom. The van der Waals surface area contributed by atoms with E-state index in [0.29, 0.717) is 25.2 Å². The molecule has 0 unspecified atom stereocenters. The summed E-state index contributed by atoms with van der Waals surface area (Å²) in [5, 5.41) is 6.90. The molecule has 1 aliphatic heterocycles. The molecule has 0 aromatic heterocycles. The number of hydrogen-bond donors (Lipinski definition) is 3. The highest BCUT2D eigenvalue weighted by Gasteiger charge is 2.21. The van der Waals surface area contributed by atoms with Crippen molar-refractivity contribution in [2.24, 2.45) is 10.7 Å². The Morgan fingerprint density at radius 3 is 2.55 bits per heavy atom. The van der Waals surface area contributed by atoms with Crippen LogP contribution >= 0.6 is 24.0 Å². The lowest BCUT2D eigenvalue weighted by Gasteiger charge is -2.32. The zero-order valence-corrected chi connectivity index (χ0v) is 20.9. The fourth-order valence-corrected chi connectivity index (χ4v) is 4.13. The number of benzene rings is 1. The van der Waals surface area contributed by atoms with Gasteiger partial charge in [0.05, 0.1) is 19.8 Å². The second-order valence-corrected chi connectivity index (χ2v) is 8.08. The molecule has 1 saturated carbocycles. The maximum atomic E-state index is 11.1. The summed E-state index contributed by atoms with van der Waals surface area (Å²) in [7, 11) is 3.45. The van der Waals surface area contributed by atoms with E-state index in [1.54, 1.807) is 14.2 Å². The lowest BCUT2D eigenvalue weighted by Crippen LogP contribution is -2.49. The molecule has 31 heavy (non-hydrogen) atoms. The number of rotatable bonds is 8. The molecular formula is C22H36IN5O3. The fourth-order valence-electron chi connectivity index (χ4n) is 4.13. The Labute approximate surface area is 202 Å². The van der Waals surface area contributed by atoms with Crippen LogP contribution in [0.3, 0.4) is 0 Å². The first-order valence-electron chi connectivity index (χ1n) is 10.9. The van der Waals surface area contributed by atoms with Gasteiger partial charge in [0.1, 0.15) is 11.5 Å². The van der Waals surface area contributed by atoms with Crippen LogP contribution < -0.4 is 25.8 Å². The molecule has 8 nitrogen and oxygen atoms in total. The van der Waals surface area contributed by atoms with Crippen LogP contribution in [0, 0.1) is 0 Å². The number of amides is 1. The minimum atomic E-state index is -0.269. The lowest BCUT2D eigenvalue weighted by molar-refractivity contribution is -0.119. The molecule has 1 aromatic carbocycles. The molecule has 0 spiro atoms. The van der Waals surface area contributed by atoms with Crippen LogP contribution in [0.5, 0.6) is 11.5 Å². The lowest BCUT2D eigenvalue weighted by atomic mass is 10.1. The average molecular weight is 545 g/mol. The summed E-state index contributed by atoms with van der Waals surface area (Å²) >= 11 is 0. The summed E-state index contributed by atoms with van der Waals surface area (Å²) in [5.74, 6) is 2.18. The number of carbonyl (C=O) groups excluding carboxylic acids is 1. The number of ether oxygens (including phenoxy) is 2. The number of nitrogens with zero attached hydrogens (tertiary/aromatic N) is 2. The molecule has 0 atom stereocenters. The minimum Gasteiger partial charge on any atom is -0.497 e. The summed E-state index contributed by atoms with van der Waals surface area (Å²) in [6, 6.07) is 6.31. The van der Waals surface area contributed by atoms with Crippen molar-refractivity contribution >= 4 is 35.8 Å². The number of piperidine rings is 1. The highest BCUT2D eigenvalue weighted by Crippen LogP contribution is 2.30. The molecule has 2 fully saturated rings. The maximum Gasteiger partial charge on any atom is 0.231 e. The van der Waals surface area contributed by atoms with Gasteiger partial charge in [-0.3, -0.25) is 14.7 Å². The van der Waals surface area contributed by atoms with Crippen molar-refractivity contribution in [3.63, 3.8) is 0 Å². The van der Waals surface area contributed by atoms with Crippen LogP contribution in [0.4, 0.5) is 0 Å². The van der Waals surface area contributed by atoms with Crippen LogP contribution in [0.2, 0.25) is 0 Å². The topological polar surface area (TPSA) is 101 Å². The highest BCUT2D eigenvalue weighted by atomic mass is 127. The first-order chi connectivity index (χ1) is 14.6. The van der Waals surface area contributed by atoms with Crippen molar-refractivity contribution in [3.05, 3.63) is 23.8 Å². The van der Waals surface area contributed by atoms with Gasteiger partial charge in [0.2, 0.25) is 5.91 Å². The van der Waals surface area contributed by atoms with E-state index in [4.69, 9.17) is 15.2 Å². The van der Waals surface area contributed by atoms with Crippen molar-refractivity contribution in [2.45, 2.75) is 57.2 Å². The van der Waals surface area contributed by atoms with E-state index < -0.39 is 0 Å². The maximum absolute atomic E-state index is 11.1.